The van der Waals surface area contributed by atoms with Crippen LogP contribution in [0.5, 0.6) is 0 Å². The summed E-state index contributed by atoms with van der Waals surface area (Å²) >= 11 is 7.66. The molecule has 0 aliphatic heterocycles. The fraction of sp³-hybridized carbons (Fsp3) is 0.462. The lowest BCUT2D eigenvalue weighted by molar-refractivity contribution is 0.0986. The molecule has 0 bridgehead atoms. The quantitative estimate of drug-likeness (QED) is 0.282. The Hall–Kier alpha value is -2.12. The Kier molecular flexibility index (Phi) is 11.0. The van der Waals surface area contributed by atoms with Gasteiger partial charge in [-0.2, -0.15) is 4.31 Å². The van der Waals surface area contributed by atoms with Crippen LogP contribution in [0.2, 0.25) is 5.02 Å². The maximum absolute atomic E-state index is 13.7. The molecule has 12 heteroatoms. The van der Waals surface area contributed by atoms with Crippen molar-refractivity contribution in [2.24, 2.45) is 0 Å². The molecule has 3 rings (SSSR count). The van der Waals surface area contributed by atoms with E-state index in [2.05, 4.69) is 4.90 Å². The first-order chi connectivity index (χ1) is 18.1. The van der Waals surface area contributed by atoms with Crippen molar-refractivity contribution in [2.75, 3.05) is 72.6 Å². The molecule has 38 heavy (non-hydrogen) atoms. The standard InChI is InChI=1S/C26H35ClN4O5S2/c1-19-17-21(27)18-23-24(19)28-26(37-23)31(12-6-11-29(2)3)25(32)20-7-9-22(10-8-20)38(33,34)30(13-15-35-4)14-16-36-5/h7-10,17-18H,6,11-16H2,1-5H3. The Labute approximate surface area is 234 Å². The Balaban J connectivity index is 1.91. The molecule has 0 aliphatic rings. The second-order valence-electron chi connectivity index (χ2n) is 9.09. The molecule has 0 saturated heterocycles. The molecule has 0 fully saturated rings. The lowest BCUT2D eigenvalue weighted by Gasteiger charge is -2.22. The second kappa shape index (κ2) is 13.8. The number of amides is 1. The summed E-state index contributed by atoms with van der Waals surface area (Å²) in [5.41, 5.74) is 2.13. The molecule has 0 atom stereocenters. The van der Waals surface area contributed by atoms with E-state index in [9.17, 15) is 13.2 Å². The number of aryl methyl sites for hydroxylation is 1. The topological polar surface area (TPSA) is 92.3 Å². The Morgan fingerprint density at radius 1 is 1.00 bits per heavy atom. The molecule has 0 N–H and O–H groups in total. The van der Waals surface area contributed by atoms with Gasteiger partial charge in [-0.25, -0.2) is 13.4 Å². The number of hydrogen-bond donors (Lipinski definition) is 0. The Morgan fingerprint density at radius 2 is 1.63 bits per heavy atom. The number of aromatic nitrogens is 1. The maximum atomic E-state index is 13.7. The number of halogens is 1. The summed E-state index contributed by atoms with van der Waals surface area (Å²) in [6.45, 7) is 4.12. The number of carbonyl (C=O) groups is 1. The molecular formula is C26H35ClN4O5S2. The highest BCUT2D eigenvalue weighted by atomic mass is 35.5. The molecule has 1 aromatic heterocycles. The molecule has 1 heterocycles. The van der Waals surface area contributed by atoms with E-state index in [1.54, 1.807) is 17.0 Å². The monoisotopic (exact) mass is 582 g/mol. The number of sulfonamides is 1. The van der Waals surface area contributed by atoms with Gasteiger partial charge in [-0.3, -0.25) is 9.69 Å². The van der Waals surface area contributed by atoms with Crippen molar-refractivity contribution in [1.82, 2.24) is 14.2 Å². The third-order valence-electron chi connectivity index (χ3n) is 5.93. The number of rotatable bonds is 14. The van der Waals surface area contributed by atoms with Crippen LogP contribution in [-0.4, -0.2) is 96.2 Å². The zero-order valence-corrected chi connectivity index (χ0v) is 24.8. The van der Waals surface area contributed by atoms with Gasteiger partial charge >= 0.3 is 0 Å². The number of fused-ring (bicyclic) bond motifs is 1. The van der Waals surface area contributed by atoms with Crippen LogP contribution in [0.25, 0.3) is 10.2 Å². The van der Waals surface area contributed by atoms with Crippen molar-refractivity contribution in [2.45, 2.75) is 18.2 Å². The van der Waals surface area contributed by atoms with Crippen LogP contribution in [0.3, 0.4) is 0 Å². The van der Waals surface area contributed by atoms with Crippen molar-refractivity contribution in [3.8, 4) is 0 Å². The third kappa shape index (κ3) is 7.50. The molecule has 9 nitrogen and oxygen atoms in total. The highest BCUT2D eigenvalue weighted by Crippen LogP contribution is 2.34. The molecule has 208 valence electrons. The highest BCUT2D eigenvalue weighted by Gasteiger charge is 2.26. The zero-order chi connectivity index (χ0) is 27.9. The van der Waals surface area contributed by atoms with Gasteiger partial charge in [-0.05, 0) is 75.9 Å². The van der Waals surface area contributed by atoms with Gasteiger partial charge < -0.3 is 14.4 Å². The minimum atomic E-state index is -3.79. The summed E-state index contributed by atoms with van der Waals surface area (Å²) < 4.78 is 38.9. The number of nitrogens with zero attached hydrogens (tertiary/aromatic N) is 4. The number of thiazole rings is 1. The van der Waals surface area contributed by atoms with Gasteiger partial charge in [0.05, 0.1) is 28.3 Å². The molecule has 0 aliphatic carbocycles. The van der Waals surface area contributed by atoms with Crippen LogP contribution in [-0.2, 0) is 19.5 Å². The summed E-state index contributed by atoms with van der Waals surface area (Å²) in [6, 6.07) is 9.74. The maximum Gasteiger partial charge on any atom is 0.260 e. The Morgan fingerprint density at radius 3 is 2.21 bits per heavy atom. The summed E-state index contributed by atoms with van der Waals surface area (Å²) in [4.78, 5) is 22.3. The van der Waals surface area contributed by atoms with Gasteiger partial charge in [0.25, 0.3) is 5.91 Å². The van der Waals surface area contributed by atoms with Crippen LogP contribution < -0.4 is 4.90 Å². The van der Waals surface area contributed by atoms with E-state index in [1.165, 1.54) is 42.0 Å². The Bertz CT molecular complexity index is 1320. The SMILES string of the molecule is COCCN(CCOC)S(=O)(=O)c1ccc(C(=O)N(CCCN(C)C)c2nc3c(C)cc(Cl)cc3s2)cc1. The van der Waals surface area contributed by atoms with E-state index in [1.807, 2.05) is 33.2 Å². The third-order valence-corrected chi connectivity index (χ3v) is 9.09. The van der Waals surface area contributed by atoms with E-state index in [4.69, 9.17) is 26.1 Å². The van der Waals surface area contributed by atoms with E-state index in [0.29, 0.717) is 22.3 Å². The van der Waals surface area contributed by atoms with Crippen molar-refractivity contribution < 1.29 is 22.7 Å². The number of anilines is 1. The number of hydrogen-bond acceptors (Lipinski definition) is 8. The zero-order valence-electron chi connectivity index (χ0n) is 22.4. The summed E-state index contributed by atoms with van der Waals surface area (Å²) in [6.07, 6.45) is 0.745. The second-order valence-corrected chi connectivity index (χ2v) is 12.5. The van der Waals surface area contributed by atoms with Gasteiger partial charge in [-0.15, -0.1) is 0 Å². The van der Waals surface area contributed by atoms with Gasteiger partial charge in [0.2, 0.25) is 10.0 Å². The average molecular weight is 583 g/mol. The van der Waals surface area contributed by atoms with Gasteiger partial charge in [0, 0.05) is 44.4 Å². The largest absolute Gasteiger partial charge is 0.383 e. The van der Waals surface area contributed by atoms with E-state index < -0.39 is 10.0 Å². The van der Waals surface area contributed by atoms with Crippen LogP contribution in [0.1, 0.15) is 22.3 Å². The fourth-order valence-corrected chi connectivity index (χ4v) is 6.75. The van der Waals surface area contributed by atoms with Crippen molar-refractivity contribution >= 4 is 54.2 Å². The van der Waals surface area contributed by atoms with Crippen LogP contribution >= 0.6 is 22.9 Å². The fourth-order valence-electron chi connectivity index (χ4n) is 3.90. The number of benzene rings is 2. The normalized spacial score (nSPS) is 12.1. The summed E-state index contributed by atoms with van der Waals surface area (Å²) in [5, 5.41) is 1.20. The van der Waals surface area contributed by atoms with Gasteiger partial charge in [-0.1, -0.05) is 22.9 Å². The van der Waals surface area contributed by atoms with E-state index in [0.717, 1.165) is 28.7 Å². The molecule has 2 aromatic carbocycles. The van der Waals surface area contributed by atoms with Gasteiger partial charge in [0.15, 0.2) is 5.13 Å². The molecule has 3 aromatic rings. The van der Waals surface area contributed by atoms with Crippen LogP contribution in [0.15, 0.2) is 41.3 Å². The van der Waals surface area contributed by atoms with E-state index in [-0.39, 0.29) is 37.1 Å². The molecule has 0 unspecified atom stereocenters. The molecule has 0 saturated carbocycles. The summed E-state index contributed by atoms with van der Waals surface area (Å²) in [7, 11) is 3.22. The molecule has 1 amide bonds. The first-order valence-electron chi connectivity index (χ1n) is 12.2. The lowest BCUT2D eigenvalue weighted by atomic mass is 10.2. The van der Waals surface area contributed by atoms with Crippen molar-refractivity contribution in [3.05, 3.63) is 52.5 Å². The minimum Gasteiger partial charge on any atom is -0.383 e. The number of carbonyl (C=O) groups excluding carboxylic acids is 1. The number of methoxy groups -OCH3 is 2. The smallest absolute Gasteiger partial charge is 0.260 e. The first kappa shape index (κ1) is 30.4. The average Bonchev–Trinajstić information content (AvgIpc) is 3.30. The van der Waals surface area contributed by atoms with Crippen LogP contribution in [0, 0.1) is 6.92 Å². The van der Waals surface area contributed by atoms with Crippen molar-refractivity contribution in [3.63, 3.8) is 0 Å². The summed E-state index contributed by atoms with van der Waals surface area (Å²) in [5.74, 6) is -0.244. The minimum absolute atomic E-state index is 0.102. The highest BCUT2D eigenvalue weighted by molar-refractivity contribution is 7.89. The predicted octanol–water partition coefficient (Wildman–Crippen LogP) is 4.14. The van der Waals surface area contributed by atoms with Crippen molar-refractivity contribution in [1.29, 1.82) is 0 Å². The van der Waals surface area contributed by atoms with E-state index >= 15 is 0 Å². The first-order valence-corrected chi connectivity index (χ1v) is 14.8. The molecular weight excluding hydrogens is 548 g/mol. The van der Waals surface area contributed by atoms with Crippen LogP contribution in [0.4, 0.5) is 5.13 Å². The van der Waals surface area contributed by atoms with Gasteiger partial charge in [0.1, 0.15) is 0 Å². The number of ether oxygens (including phenoxy) is 2. The lowest BCUT2D eigenvalue weighted by Crippen LogP contribution is -2.36. The predicted molar refractivity (Wildman–Crippen MR) is 153 cm³/mol. The molecule has 0 spiro atoms. The molecule has 0 radical (unpaired) electrons.